The number of hydrogen-bond acceptors (Lipinski definition) is 6. The lowest BCUT2D eigenvalue weighted by molar-refractivity contribution is -0.132. The number of thioether (sulfide) groups is 1. The first-order valence-electron chi connectivity index (χ1n) is 9.80. The lowest BCUT2D eigenvalue weighted by Crippen LogP contribution is -2.44. The van der Waals surface area contributed by atoms with Crippen LogP contribution in [0.3, 0.4) is 0 Å². The minimum atomic E-state index is -0.618. The summed E-state index contributed by atoms with van der Waals surface area (Å²) < 4.78 is 5.76. The molecule has 1 amide bonds. The molecule has 3 aliphatic rings. The van der Waals surface area contributed by atoms with Crippen molar-refractivity contribution >= 4 is 23.6 Å². The van der Waals surface area contributed by atoms with Crippen molar-refractivity contribution in [3.05, 3.63) is 77.1 Å². The SMILES string of the molecule is O=C1OC2(CCC(C(=O)NN3C=CSC3c3ccccc3)CC2)c2cnccc21. The van der Waals surface area contributed by atoms with Gasteiger partial charge in [0.1, 0.15) is 11.0 Å². The van der Waals surface area contributed by atoms with Gasteiger partial charge in [-0.05, 0) is 42.7 Å². The fourth-order valence-electron chi connectivity index (χ4n) is 4.43. The number of ether oxygens (including phenoxy) is 1. The number of nitrogens with zero attached hydrogens (tertiary/aromatic N) is 2. The molecule has 1 fully saturated rings. The molecule has 1 spiro atoms. The van der Waals surface area contributed by atoms with Gasteiger partial charge in [0.25, 0.3) is 0 Å². The molecule has 1 aliphatic carbocycles. The number of aromatic nitrogens is 1. The van der Waals surface area contributed by atoms with Gasteiger partial charge in [0.15, 0.2) is 0 Å². The van der Waals surface area contributed by atoms with Crippen LogP contribution in [0.1, 0.15) is 52.5 Å². The fraction of sp³-hybridized carbons (Fsp3) is 0.318. The summed E-state index contributed by atoms with van der Waals surface area (Å²) in [6, 6.07) is 11.8. The number of benzene rings is 1. The Morgan fingerprint density at radius 3 is 2.79 bits per heavy atom. The molecule has 3 heterocycles. The van der Waals surface area contributed by atoms with E-state index >= 15 is 0 Å². The molecule has 1 saturated carbocycles. The molecule has 0 bridgehead atoms. The van der Waals surface area contributed by atoms with E-state index in [0.717, 1.165) is 11.1 Å². The van der Waals surface area contributed by atoms with E-state index in [1.54, 1.807) is 30.2 Å². The largest absolute Gasteiger partial charge is 0.450 e. The Balaban J connectivity index is 1.24. The molecule has 7 heteroatoms. The second kappa shape index (κ2) is 7.22. The first kappa shape index (κ1) is 18.2. The Kier molecular flexibility index (Phi) is 4.54. The van der Waals surface area contributed by atoms with Crippen molar-refractivity contribution in [2.45, 2.75) is 36.7 Å². The monoisotopic (exact) mass is 407 g/mol. The van der Waals surface area contributed by atoms with Gasteiger partial charge in [-0.25, -0.2) is 4.79 Å². The van der Waals surface area contributed by atoms with E-state index < -0.39 is 5.60 Å². The fourth-order valence-corrected chi connectivity index (χ4v) is 5.35. The normalized spacial score (nSPS) is 27.7. The predicted octanol–water partition coefficient (Wildman–Crippen LogP) is 3.89. The van der Waals surface area contributed by atoms with E-state index in [9.17, 15) is 9.59 Å². The summed E-state index contributed by atoms with van der Waals surface area (Å²) in [4.78, 5) is 29.3. The van der Waals surface area contributed by atoms with Crippen molar-refractivity contribution in [2.75, 3.05) is 0 Å². The van der Waals surface area contributed by atoms with Crippen LogP contribution >= 0.6 is 11.8 Å². The second-order valence-corrected chi connectivity index (χ2v) is 8.64. The Morgan fingerprint density at radius 2 is 2.00 bits per heavy atom. The summed E-state index contributed by atoms with van der Waals surface area (Å²) in [6.45, 7) is 0. The van der Waals surface area contributed by atoms with Gasteiger partial charge in [-0.1, -0.05) is 30.3 Å². The topological polar surface area (TPSA) is 71.5 Å². The Labute approximate surface area is 173 Å². The van der Waals surface area contributed by atoms with E-state index in [2.05, 4.69) is 22.5 Å². The van der Waals surface area contributed by atoms with E-state index in [1.165, 1.54) is 0 Å². The number of amides is 1. The molecule has 29 heavy (non-hydrogen) atoms. The quantitative estimate of drug-likeness (QED) is 0.779. The second-order valence-electron chi connectivity index (χ2n) is 7.65. The molecule has 1 aromatic heterocycles. The number of hydrogen-bond donors (Lipinski definition) is 1. The smallest absolute Gasteiger partial charge is 0.339 e. The zero-order valence-corrected chi connectivity index (χ0v) is 16.6. The van der Waals surface area contributed by atoms with Crippen molar-refractivity contribution in [3.8, 4) is 0 Å². The van der Waals surface area contributed by atoms with E-state index in [0.29, 0.717) is 31.2 Å². The highest BCUT2D eigenvalue weighted by Crippen LogP contribution is 2.48. The maximum atomic E-state index is 12.9. The van der Waals surface area contributed by atoms with E-state index in [4.69, 9.17) is 4.74 Å². The summed E-state index contributed by atoms with van der Waals surface area (Å²) in [7, 11) is 0. The minimum absolute atomic E-state index is 0.0173. The molecule has 1 aromatic carbocycles. The molecule has 1 unspecified atom stereocenters. The van der Waals surface area contributed by atoms with Gasteiger partial charge in [-0.15, -0.1) is 11.8 Å². The molecule has 1 atom stereocenters. The van der Waals surface area contributed by atoms with Crippen LogP contribution in [0.2, 0.25) is 0 Å². The molecule has 2 aliphatic heterocycles. The third-order valence-electron chi connectivity index (χ3n) is 5.99. The summed E-state index contributed by atoms with van der Waals surface area (Å²) >= 11 is 1.67. The molecule has 5 rings (SSSR count). The average Bonchev–Trinajstić information content (AvgIpc) is 3.32. The van der Waals surface area contributed by atoms with Crippen LogP contribution in [-0.4, -0.2) is 21.9 Å². The maximum absolute atomic E-state index is 12.9. The van der Waals surface area contributed by atoms with Crippen molar-refractivity contribution in [3.63, 3.8) is 0 Å². The van der Waals surface area contributed by atoms with Crippen LogP contribution in [0.25, 0.3) is 0 Å². The third-order valence-corrected chi connectivity index (χ3v) is 7.03. The number of pyridine rings is 1. The number of carbonyl (C=O) groups is 2. The van der Waals surface area contributed by atoms with Crippen molar-refractivity contribution in [1.29, 1.82) is 0 Å². The van der Waals surface area contributed by atoms with Crippen LogP contribution in [0.4, 0.5) is 0 Å². The minimum Gasteiger partial charge on any atom is -0.450 e. The lowest BCUT2D eigenvalue weighted by atomic mass is 9.75. The van der Waals surface area contributed by atoms with Gasteiger partial charge < -0.3 is 4.74 Å². The first-order valence-corrected chi connectivity index (χ1v) is 10.7. The van der Waals surface area contributed by atoms with Crippen LogP contribution in [0.5, 0.6) is 0 Å². The van der Waals surface area contributed by atoms with Gasteiger partial charge >= 0.3 is 5.97 Å². The number of carbonyl (C=O) groups excluding carboxylic acids is 2. The van der Waals surface area contributed by atoms with Gasteiger partial charge in [-0.3, -0.25) is 20.2 Å². The Bertz CT molecular complexity index is 970. The maximum Gasteiger partial charge on any atom is 0.339 e. The lowest BCUT2D eigenvalue weighted by Gasteiger charge is -2.36. The zero-order valence-electron chi connectivity index (χ0n) is 15.8. The number of esters is 1. The predicted molar refractivity (Wildman–Crippen MR) is 109 cm³/mol. The molecule has 0 saturated heterocycles. The van der Waals surface area contributed by atoms with Crippen molar-refractivity contribution < 1.29 is 14.3 Å². The standard InChI is InChI=1S/C22H21N3O3S/c26-19(24-25-12-13-29-20(25)16-4-2-1-3-5-16)15-6-9-22(10-7-15)18-14-23-11-8-17(18)21(27)28-22/h1-5,8,11-15,20H,6-7,9-10H2,(H,24,26). The number of rotatable bonds is 3. The molecular weight excluding hydrogens is 386 g/mol. The highest BCUT2D eigenvalue weighted by molar-refractivity contribution is 8.02. The van der Waals surface area contributed by atoms with Crippen LogP contribution in [-0.2, 0) is 15.1 Å². The van der Waals surface area contributed by atoms with Crippen LogP contribution < -0.4 is 5.43 Å². The average molecular weight is 407 g/mol. The van der Waals surface area contributed by atoms with Crippen molar-refractivity contribution in [2.24, 2.45) is 5.92 Å². The summed E-state index contributed by atoms with van der Waals surface area (Å²) in [5.74, 6) is -0.366. The summed E-state index contributed by atoms with van der Waals surface area (Å²) in [5.41, 5.74) is 5.07. The van der Waals surface area contributed by atoms with E-state index in [-0.39, 0.29) is 23.2 Å². The number of fused-ring (bicyclic) bond motifs is 2. The van der Waals surface area contributed by atoms with Gasteiger partial charge in [0.05, 0.1) is 5.56 Å². The highest BCUT2D eigenvalue weighted by atomic mass is 32.2. The van der Waals surface area contributed by atoms with Crippen LogP contribution in [0.15, 0.2) is 60.4 Å². The van der Waals surface area contributed by atoms with Crippen LogP contribution in [0, 0.1) is 5.92 Å². The number of hydrazine groups is 1. The Morgan fingerprint density at radius 1 is 1.21 bits per heavy atom. The number of nitrogens with one attached hydrogen (secondary N) is 1. The molecule has 1 N–H and O–H groups in total. The summed E-state index contributed by atoms with van der Waals surface area (Å²) in [5, 5.41) is 3.92. The summed E-state index contributed by atoms with van der Waals surface area (Å²) in [6.07, 6.45) is 7.89. The first-order chi connectivity index (χ1) is 14.2. The van der Waals surface area contributed by atoms with Gasteiger partial charge in [0, 0.05) is 30.1 Å². The van der Waals surface area contributed by atoms with Gasteiger partial charge in [0.2, 0.25) is 5.91 Å². The molecular formula is C22H21N3O3S. The molecule has 2 aromatic rings. The van der Waals surface area contributed by atoms with Gasteiger partial charge in [-0.2, -0.15) is 0 Å². The van der Waals surface area contributed by atoms with Crippen molar-refractivity contribution in [1.82, 2.24) is 15.4 Å². The third kappa shape index (κ3) is 3.19. The zero-order chi connectivity index (χ0) is 19.8. The molecule has 148 valence electrons. The highest BCUT2D eigenvalue weighted by Gasteiger charge is 2.48. The van der Waals surface area contributed by atoms with E-state index in [1.807, 2.05) is 34.8 Å². The molecule has 6 nitrogen and oxygen atoms in total. The Hall–Kier alpha value is -2.80. The molecule has 0 radical (unpaired) electrons.